The molecule has 1 unspecified atom stereocenters. The van der Waals surface area contributed by atoms with Gasteiger partial charge in [0.1, 0.15) is 0 Å². The summed E-state index contributed by atoms with van der Waals surface area (Å²) < 4.78 is 37.6. The average molecular weight is 349 g/mol. The minimum absolute atomic E-state index is 0. The molecule has 2 aliphatic rings. The Balaban J connectivity index is 0.00000176. The molecule has 2 aliphatic heterocycles. The van der Waals surface area contributed by atoms with Gasteiger partial charge in [0.25, 0.3) is 0 Å². The Morgan fingerprint density at radius 2 is 2.09 bits per heavy atom. The number of sulfonamides is 1. The predicted molar refractivity (Wildman–Crippen MR) is 85.2 cm³/mol. The summed E-state index contributed by atoms with van der Waals surface area (Å²) >= 11 is 0. The Labute approximate surface area is 137 Å². The highest BCUT2D eigenvalue weighted by Gasteiger charge is 2.20. The molecule has 0 aromatic heterocycles. The first-order valence-electron chi connectivity index (χ1n) is 7.25. The molecule has 0 aliphatic carbocycles. The number of fused-ring (bicyclic) bond motifs is 1. The molecule has 6 nitrogen and oxygen atoms in total. The maximum absolute atomic E-state index is 12.3. The number of ether oxygens (including phenoxy) is 2. The average Bonchev–Trinajstić information content (AvgIpc) is 2.95. The topological polar surface area (TPSA) is 76.7 Å². The fourth-order valence-electron chi connectivity index (χ4n) is 2.70. The summed E-state index contributed by atoms with van der Waals surface area (Å²) in [4.78, 5) is 0.216. The number of nitrogens with one attached hydrogen (secondary N) is 2. The van der Waals surface area contributed by atoms with Gasteiger partial charge in [0.2, 0.25) is 16.8 Å². The van der Waals surface area contributed by atoms with Crippen LogP contribution < -0.4 is 19.5 Å². The van der Waals surface area contributed by atoms with E-state index in [0.717, 1.165) is 19.5 Å². The summed E-state index contributed by atoms with van der Waals surface area (Å²) in [6, 6.07) is 4.67. The molecule has 3 rings (SSSR count). The van der Waals surface area contributed by atoms with Crippen molar-refractivity contribution in [3.8, 4) is 11.5 Å². The van der Waals surface area contributed by atoms with Crippen LogP contribution in [0.5, 0.6) is 11.5 Å². The fourth-order valence-corrected chi connectivity index (χ4v) is 3.76. The van der Waals surface area contributed by atoms with Crippen LogP contribution in [0.15, 0.2) is 23.1 Å². The molecule has 0 bridgehead atoms. The van der Waals surface area contributed by atoms with Crippen LogP contribution >= 0.6 is 12.4 Å². The predicted octanol–water partition coefficient (Wildman–Crippen LogP) is 1.51. The second kappa shape index (κ2) is 7.50. The lowest BCUT2D eigenvalue weighted by molar-refractivity contribution is 0.174. The lowest BCUT2D eigenvalue weighted by Crippen LogP contribution is -2.33. The summed E-state index contributed by atoms with van der Waals surface area (Å²) in [7, 11) is -3.49. The van der Waals surface area contributed by atoms with Crippen molar-refractivity contribution < 1.29 is 17.9 Å². The van der Waals surface area contributed by atoms with Gasteiger partial charge in [0.15, 0.2) is 11.5 Å². The van der Waals surface area contributed by atoms with Crippen molar-refractivity contribution in [3.63, 3.8) is 0 Å². The summed E-state index contributed by atoms with van der Waals surface area (Å²) in [5.41, 5.74) is 0. The van der Waals surface area contributed by atoms with Gasteiger partial charge in [-0.25, -0.2) is 13.1 Å². The van der Waals surface area contributed by atoms with Crippen LogP contribution in [0.4, 0.5) is 0 Å². The van der Waals surface area contributed by atoms with Crippen molar-refractivity contribution >= 4 is 22.4 Å². The molecule has 0 radical (unpaired) electrons. The minimum atomic E-state index is -3.49. The smallest absolute Gasteiger partial charge is 0.240 e. The van der Waals surface area contributed by atoms with Gasteiger partial charge in [-0.2, -0.15) is 0 Å². The van der Waals surface area contributed by atoms with E-state index in [0.29, 0.717) is 24.0 Å². The third-order valence-electron chi connectivity index (χ3n) is 3.90. The van der Waals surface area contributed by atoms with Crippen LogP contribution in [0.2, 0.25) is 0 Å². The maximum Gasteiger partial charge on any atom is 0.240 e. The van der Waals surface area contributed by atoms with E-state index in [9.17, 15) is 8.42 Å². The molecule has 1 aromatic carbocycles. The third-order valence-corrected chi connectivity index (χ3v) is 5.36. The first-order valence-corrected chi connectivity index (χ1v) is 8.73. The van der Waals surface area contributed by atoms with Crippen LogP contribution in [-0.2, 0) is 10.0 Å². The molecule has 0 saturated carbocycles. The van der Waals surface area contributed by atoms with Crippen LogP contribution in [-0.4, -0.2) is 34.8 Å². The third kappa shape index (κ3) is 4.04. The fraction of sp³-hybridized carbons (Fsp3) is 0.571. The van der Waals surface area contributed by atoms with E-state index in [4.69, 9.17) is 9.47 Å². The molecule has 0 spiro atoms. The zero-order valence-electron chi connectivity index (χ0n) is 12.2. The van der Waals surface area contributed by atoms with Crippen LogP contribution in [0.25, 0.3) is 0 Å². The van der Waals surface area contributed by atoms with Crippen molar-refractivity contribution in [1.82, 2.24) is 10.0 Å². The van der Waals surface area contributed by atoms with Crippen LogP contribution in [0.3, 0.4) is 0 Å². The molecule has 1 atom stereocenters. The number of benzene rings is 1. The molecule has 8 heteroatoms. The van der Waals surface area contributed by atoms with Crippen LogP contribution in [0, 0.1) is 5.92 Å². The van der Waals surface area contributed by atoms with E-state index in [1.54, 1.807) is 6.07 Å². The highest BCUT2D eigenvalue weighted by Crippen LogP contribution is 2.33. The first-order chi connectivity index (χ1) is 10.1. The maximum atomic E-state index is 12.3. The number of hydrogen-bond acceptors (Lipinski definition) is 5. The van der Waals surface area contributed by atoms with Gasteiger partial charge in [-0.1, -0.05) is 0 Å². The second-order valence-corrected chi connectivity index (χ2v) is 7.18. The zero-order valence-corrected chi connectivity index (χ0v) is 13.8. The SMILES string of the molecule is Cl.O=S(=O)(NCCC1CCCNC1)c1ccc2c(c1)OCO2. The van der Waals surface area contributed by atoms with Gasteiger partial charge >= 0.3 is 0 Å². The minimum Gasteiger partial charge on any atom is -0.454 e. The largest absolute Gasteiger partial charge is 0.454 e. The number of rotatable bonds is 5. The van der Waals surface area contributed by atoms with Gasteiger partial charge in [0.05, 0.1) is 4.90 Å². The Morgan fingerprint density at radius 1 is 1.27 bits per heavy atom. The molecule has 2 heterocycles. The lowest BCUT2D eigenvalue weighted by atomic mass is 9.96. The van der Waals surface area contributed by atoms with Crippen molar-refractivity contribution in [2.24, 2.45) is 5.92 Å². The molecule has 22 heavy (non-hydrogen) atoms. The molecular weight excluding hydrogens is 328 g/mol. The van der Waals surface area contributed by atoms with Crippen LogP contribution in [0.1, 0.15) is 19.3 Å². The van der Waals surface area contributed by atoms with Gasteiger partial charge in [-0.3, -0.25) is 0 Å². The summed E-state index contributed by atoms with van der Waals surface area (Å²) in [6.07, 6.45) is 3.19. The molecule has 1 aromatic rings. The quantitative estimate of drug-likeness (QED) is 0.843. The number of hydrogen-bond donors (Lipinski definition) is 2. The van der Waals surface area contributed by atoms with E-state index in [-0.39, 0.29) is 24.1 Å². The molecule has 1 saturated heterocycles. The molecular formula is C14H21ClN2O4S. The number of halogens is 1. The Hall–Kier alpha value is -1.02. The summed E-state index contributed by atoms with van der Waals surface area (Å²) in [5, 5.41) is 3.33. The Morgan fingerprint density at radius 3 is 2.86 bits per heavy atom. The van der Waals surface area contributed by atoms with Gasteiger partial charge < -0.3 is 14.8 Å². The lowest BCUT2D eigenvalue weighted by Gasteiger charge is -2.22. The molecule has 1 fully saturated rings. The normalized spacial score (nSPS) is 20.5. The van der Waals surface area contributed by atoms with E-state index in [2.05, 4.69) is 10.0 Å². The Kier molecular flexibility index (Phi) is 5.91. The number of piperidine rings is 1. The summed E-state index contributed by atoms with van der Waals surface area (Å²) in [5.74, 6) is 1.62. The molecule has 2 N–H and O–H groups in total. The first kappa shape index (κ1) is 17.3. The van der Waals surface area contributed by atoms with Crippen molar-refractivity contribution in [2.75, 3.05) is 26.4 Å². The second-order valence-electron chi connectivity index (χ2n) is 5.41. The monoisotopic (exact) mass is 348 g/mol. The van der Waals surface area contributed by atoms with Gasteiger partial charge in [-0.15, -0.1) is 12.4 Å². The van der Waals surface area contributed by atoms with Crippen molar-refractivity contribution in [3.05, 3.63) is 18.2 Å². The van der Waals surface area contributed by atoms with E-state index in [1.807, 2.05) is 0 Å². The van der Waals surface area contributed by atoms with E-state index in [1.165, 1.54) is 25.0 Å². The summed E-state index contributed by atoms with van der Waals surface area (Å²) in [6.45, 7) is 2.65. The van der Waals surface area contributed by atoms with E-state index < -0.39 is 10.0 Å². The van der Waals surface area contributed by atoms with Gasteiger partial charge in [0, 0.05) is 12.6 Å². The molecule has 124 valence electrons. The highest BCUT2D eigenvalue weighted by molar-refractivity contribution is 7.89. The zero-order chi connectivity index (χ0) is 14.7. The van der Waals surface area contributed by atoms with Crippen molar-refractivity contribution in [2.45, 2.75) is 24.2 Å². The standard InChI is InChI=1S/C14H20N2O4S.ClH/c17-21(18,16-7-5-11-2-1-6-15-9-11)12-3-4-13-14(8-12)20-10-19-13;/h3-4,8,11,15-16H,1-2,5-7,9-10H2;1H. The van der Waals surface area contributed by atoms with Crippen molar-refractivity contribution in [1.29, 1.82) is 0 Å². The molecule has 0 amide bonds. The highest BCUT2D eigenvalue weighted by atomic mass is 35.5. The Bertz CT molecular complexity index is 603. The van der Waals surface area contributed by atoms with E-state index >= 15 is 0 Å². The van der Waals surface area contributed by atoms with Gasteiger partial charge in [-0.05, 0) is 50.4 Å².